The first-order valence-electron chi connectivity index (χ1n) is 14.4. The number of amides is 2. The average Bonchev–Trinajstić information content (AvgIpc) is 3.64. The van der Waals surface area contributed by atoms with E-state index < -0.39 is 0 Å². The van der Waals surface area contributed by atoms with Gasteiger partial charge in [0.15, 0.2) is 0 Å². The number of likely N-dealkylation sites (N-methyl/N-ethyl adjacent to an activating group) is 1. The summed E-state index contributed by atoms with van der Waals surface area (Å²) >= 11 is 0. The summed E-state index contributed by atoms with van der Waals surface area (Å²) in [5.74, 6) is 0.724. The lowest BCUT2D eigenvalue weighted by atomic mass is 10.0. The van der Waals surface area contributed by atoms with Crippen molar-refractivity contribution in [3.63, 3.8) is 0 Å². The number of hydrogen-bond donors (Lipinski definition) is 2. The standard InChI is InChI=1S/C32H36N8O2/c1-20-12-14-34-26(17-20)37-32(42)23-8-6-22(7-9-23)28-21(2)40(31-29(28)30(33)35-19-36-31)25-13-16-39(18-25)27(41)5-4-15-38(3)24-10-11-24/h4-9,12,14,17,19,24-25H,10-11,13,15-16,18H2,1-3H3,(H2,33,35,36)(H,34,37,42)/b5-4+. The quantitative estimate of drug-likeness (QED) is 0.305. The van der Waals surface area contributed by atoms with Crippen LogP contribution in [0.25, 0.3) is 22.2 Å². The average molecular weight is 565 g/mol. The molecular weight excluding hydrogens is 528 g/mol. The molecule has 6 rings (SSSR count). The van der Waals surface area contributed by atoms with E-state index in [1.54, 1.807) is 24.4 Å². The molecule has 1 unspecified atom stereocenters. The minimum absolute atomic E-state index is 0.0416. The minimum Gasteiger partial charge on any atom is -0.383 e. The van der Waals surface area contributed by atoms with Gasteiger partial charge in [-0.2, -0.15) is 0 Å². The molecule has 1 aliphatic carbocycles. The fraction of sp³-hybridized carbons (Fsp3) is 0.344. The number of carbonyl (C=O) groups excluding carboxylic acids is 2. The van der Waals surface area contributed by atoms with Crippen LogP contribution in [0.15, 0.2) is 61.1 Å². The van der Waals surface area contributed by atoms with Crippen LogP contribution in [0.1, 0.15) is 46.9 Å². The SMILES string of the molecule is Cc1ccnc(NC(=O)c2ccc(-c3c(C)n(C4CCN(C(=O)/C=C/CN(C)C5CC5)C4)c4ncnc(N)c34)cc2)c1. The smallest absolute Gasteiger partial charge is 0.256 e. The van der Waals surface area contributed by atoms with Crippen LogP contribution >= 0.6 is 0 Å². The number of aromatic nitrogens is 4. The van der Waals surface area contributed by atoms with E-state index in [0.717, 1.165) is 46.4 Å². The van der Waals surface area contributed by atoms with Crippen molar-refractivity contribution in [1.29, 1.82) is 0 Å². The Balaban J connectivity index is 1.24. The van der Waals surface area contributed by atoms with E-state index in [4.69, 9.17) is 5.73 Å². The Bertz CT molecular complexity index is 1670. The molecule has 216 valence electrons. The third-order valence-electron chi connectivity index (χ3n) is 8.31. The van der Waals surface area contributed by atoms with E-state index in [9.17, 15) is 9.59 Å². The topological polar surface area (TPSA) is 122 Å². The monoisotopic (exact) mass is 564 g/mol. The first-order valence-corrected chi connectivity index (χ1v) is 14.4. The number of nitrogens with one attached hydrogen (secondary N) is 1. The van der Waals surface area contributed by atoms with E-state index in [0.29, 0.717) is 36.3 Å². The van der Waals surface area contributed by atoms with Crippen molar-refractivity contribution >= 4 is 34.5 Å². The molecule has 10 nitrogen and oxygen atoms in total. The molecule has 1 atom stereocenters. The normalized spacial score (nSPS) is 17.0. The number of nitrogens with two attached hydrogens (primary N) is 1. The molecule has 2 fully saturated rings. The van der Waals surface area contributed by atoms with Gasteiger partial charge in [0.25, 0.3) is 5.91 Å². The van der Waals surface area contributed by atoms with Crippen LogP contribution in [-0.4, -0.2) is 73.9 Å². The molecular formula is C32H36N8O2. The Kier molecular flexibility index (Phi) is 7.47. The maximum atomic E-state index is 13.0. The number of likely N-dealkylation sites (tertiary alicyclic amines) is 1. The molecule has 3 aromatic heterocycles. The number of anilines is 2. The van der Waals surface area contributed by atoms with Gasteiger partial charge in [-0.25, -0.2) is 15.0 Å². The van der Waals surface area contributed by atoms with Gasteiger partial charge >= 0.3 is 0 Å². The van der Waals surface area contributed by atoms with Crippen molar-refractivity contribution < 1.29 is 9.59 Å². The third kappa shape index (κ3) is 5.49. The summed E-state index contributed by atoms with van der Waals surface area (Å²) in [4.78, 5) is 43.2. The number of hydrogen-bond acceptors (Lipinski definition) is 7. The Labute approximate surface area is 245 Å². The molecule has 1 saturated carbocycles. The maximum Gasteiger partial charge on any atom is 0.256 e. The van der Waals surface area contributed by atoms with E-state index in [1.807, 2.05) is 42.2 Å². The largest absolute Gasteiger partial charge is 0.383 e. The molecule has 10 heteroatoms. The van der Waals surface area contributed by atoms with Gasteiger partial charge < -0.3 is 20.5 Å². The number of nitrogens with zero attached hydrogens (tertiary/aromatic N) is 6. The highest BCUT2D eigenvalue weighted by molar-refractivity contribution is 6.05. The van der Waals surface area contributed by atoms with Gasteiger partial charge in [-0.3, -0.25) is 14.5 Å². The molecule has 2 amide bonds. The molecule has 2 aliphatic rings. The predicted octanol–water partition coefficient (Wildman–Crippen LogP) is 4.37. The summed E-state index contributed by atoms with van der Waals surface area (Å²) in [6.45, 7) is 6.08. The number of benzene rings is 1. The molecule has 3 N–H and O–H groups in total. The van der Waals surface area contributed by atoms with Crippen LogP contribution < -0.4 is 11.1 Å². The van der Waals surface area contributed by atoms with Crippen molar-refractivity contribution in [3.05, 3.63) is 77.9 Å². The summed E-state index contributed by atoms with van der Waals surface area (Å²) in [6, 6.07) is 11.9. The summed E-state index contributed by atoms with van der Waals surface area (Å²) in [7, 11) is 2.11. The summed E-state index contributed by atoms with van der Waals surface area (Å²) < 4.78 is 2.20. The highest BCUT2D eigenvalue weighted by Crippen LogP contribution is 2.39. The molecule has 1 aromatic carbocycles. The molecule has 4 aromatic rings. The van der Waals surface area contributed by atoms with Crippen molar-refractivity contribution in [3.8, 4) is 11.1 Å². The van der Waals surface area contributed by atoms with Crippen LogP contribution in [0.3, 0.4) is 0 Å². The van der Waals surface area contributed by atoms with E-state index in [1.165, 1.54) is 19.2 Å². The van der Waals surface area contributed by atoms with Crippen molar-refractivity contribution in [2.45, 2.75) is 45.2 Å². The lowest BCUT2D eigenvalue weighted by Crippen LogP contribution is -2.28. The van der Waals surface area contributed by atoms with E-state index in [2.05, 4.69) is 43.7 Å². The number of pyridine rings is 1. The first kappa shape index (κ1) is 27.6. The number of nitrogen functional groups attached to an aromatic ring is 1. The molecule has 0 spiro atoms. The van der Waals surface area contributed by atoms with Gasteiger partial charge in [0.05, 0.1) is 11.4 Å². The molecule has 1 aliphatic heterocycles. The fourth-order valence-corrected chi connectivity index (χ4v) is 5.90. The minimum atomic E-state index is -0.231. The van der Waals surface area contributed by atoms with Gasteiger partial charge in [0, 0.05) is 54.8 Å². The first-order chi connectivity index (χ1) is 20.3. The zero-order valence-corrected chi connectivity index (χ0v) is 24.2. The summed E-state index contributed by atoms with van der Waals surface area (Å²) in [5, 5.41) is 3.64. The lowest BCUT2D eigenvalue weighted by Gasteiger charge is -2.18. The molecule has 4 heterocycles. The second-order valence-electron chi connectivity index (χ2n) is 11.3. The van der Waals surface area contributed by atoms with E-state index in [-0.39, 0.29) is 17.9 Å². The van der Waals surface area contributed by atoms with E-state index >= 15 is 0 Å². The molecule has 0 radical (unpaired) electrons. The lowest BCUT2D eigenvalue weighted by molar-refractivity contribution is -0.125. The highest BCUT2D eigenvalue weighted by atomic mass is 16.2. The zero-order valence-electron chi connectivity index (χ0n) is 24.2. The second kappa shape index (κ2) is 11.4. The van der Waals surface area contributed by atoms with Crippen LogP contribution in [-0.2, 0) is 4.79 Å². The zero-order chi connectivity index (χ0) is 29.4. The van der Waals surface area contributed by atoms with Crippen LogP contribution in [0.2, 0.25) is 0 Å². The van der Waals surface area contributed by atoms with Crippen molar-refractivity contribution in [2.75, 3.05) is 37.7 Å². The van der Waals surface area contributed by atoms with Crippen molar-refractivity contribution in [1.82, 2.24) is 29.3 Å². The van der Waals surface area contributed by atoms with Gasteiger partial charge in [0.1, 0.15) is 23.6 Å². The fourth-order valence-electron chi connectivity index (χ4n) is 5.90. The number of fused-ring (bicyclic) bond motifs is 1. The number of rotatable bonds is 8. The van der Waals surface area contributed by atoms with Gasteiger partial charge in [-0.1, -0.05) is 18.2 Å². The van der Waals surface area contributed by atoms with Gasteiger partial charge in [0.2, 0.25) is 5.91 Å². The van der Waals surface area contributed by atoms with Gasteiger partial charge in [-0.05, 0) is 75.5 Å². The molecule has 1 saturated heterocycles. The van der Waals surface area contributed by atoms with Crippen LogP contribution in [0.4, 0.5) is 11.6 Å². The maximum absolute atomic E-state index is 13.0. The second-order valence-corrected chi connectivity index (χ2v) is 11.3. The molecule has 0 bridgehead atoms. The number of aryl methyl sites for hydroxylation is 1. The molecule has 42 heavy (non-hydrogen) atoms. The third-order valence-corrected chi connectivity index (χ3v) is 8.31. The Hall–Kier alpha value is -4.57. The van der Waals surface area contributed by atoms with Gasteiger partial charge in [-0.15, -0.1) is 0 Å². The number of carbonyl (C=O) groups is 2. The van der Waals surface area contributed by atoms with Crippen LogP contribution in [0, 0.1) is 13.8 Å². The highest BCUT2D eigenvalue weighted by Gasteiger charge is 2.31. The Morgan fingerprint density at radius 3 is 2.62 bits per heavy atom. The van der Waals surface area contributed by atoms with Crippen LogP contribution in [0.5, 0.6) is 0 Å². The predicted molar refractivity (Wildman–Crippen MR) is 164 cm³/mol. The van der Waals surface area contributed by atoms with Crippen molar-refractivity contribution in [2.24, 2.45) is 0 Å². The summed E-state index contributed by atoms with van der Waals surface area (Å²) in [6.07, 6.45) is 10.2. The summed E-state index contributed by atoms with van der Waals surface area (Å²) in [5.41, 5.74) is 11.6. The Morgan fingerprint density at radius 2 is 1.88 bits per heavy atom. The Morgan fingerprint density at radius 1 is 1.10 bits per heavy atom.